The van der Waals surface area contributed by atoms with Gasteiger partial charge in [0.1, 0.15) is 5.00 Å². The molecule has 3 nitrogen and oxygen atoms in total. The summed E-state index contributed by atoms with van der Waals surface area (Å²) in [4.78, 5) is 2.31. The number of nitrogen functional groups attached to an aromatic ring is 1. The van der Waals surface area contributed by atoms with E-state index in [1.807, 2.05) is 0 Å². The van der Waals surface area contributed by atoms with Crippen molar-refractivity contribution in [2.45, 2.75) is 6.92 Å². The molecule has 1 aliphatic rings. The van der Waals surface area contributed by atoms with Crippen LogP contribution < -0.4 is 10.6 Å². The highest BCUT2D eigenvalue weighted by atomic mass is 32.1. The molecule has 4 heteroatoms. The molecule has 2 N–H and O–H groups in total. The minimum Gasteiger partial charge on any atom is -0.389 e. The number of anilines is 2. The molecule has 0 radical (unpaired) electrons. The molecule has 0 amide bonds. The van der Waals surface area contributed by atoms with Crippen molar-refractivity contribution in [1.82, 2.24) is 0 Å². The van der Waals surface area contributed by atoms with Gasteiger partial charge in [-0.25, -0.2) is 0 Å². The molecule has 72 valence electrons. The molecule has 1 aromatic rings. The van der Waals surface area contributed by atoms with E-state index in [2.05, 4.69) is 17.2 Å². The maximum absolute atomic E-state index is 5.91. The normalized spacial score (nSPS) is 17.8. The van der Waals surface area contributed by atoms with Crippen LogP contribution in [0.2, 0.25) is 0 Å². The average molecular weight is 198 g/mol. The predicted molar refractivity (Wildman–Crippen MR) is 56.5 cm³/mol. The first-order valence-corrected chi connectivity index (χ1v) is 5.33. The van der Waals surface area contributed by atoms with E-state index in [1.54, 1.807) is 11.3 Å². The van der Waals surface area contributed by atoms with Gasteiger partial charge >= 0.3 is 0 Å². The first-order chi connectivity index (χ1) is 6.29. The fraction of sp³-hybridized carbons (Fsp3) is 0.556. The van der Waals surface area contributed by atoms with Gasteiger partial charge in [0.15, 0.2) is 0 Å². The Kier molecular flexibility index (Phi) is 2.42. The molecule has 1 aromatic heterocycles. The van der Waals surface area contributed by atoms with Crippen molar-refractivity contribution >= 4 is 22.0 Å². The van der Waals surface area contributed by atoms with Crippen LogP contribution in [0.4, 0.5) is 10.7 Å². The monoisotopic (exact) mass is 198 g/mol. The van der Waals surface area contributed by atoms with E-state index < -0.39 is 0 Å². The van der Waals surface area contributed by atoms with Crippen molar-refractivity contribution in [2.24, 2.45) is 0 Å². The number of hydrogen-bond acceptors (Lipinski definition) is 4. The fourth-order valence-corrected chi connectivity index (χ4v) is 2.47. The Labute approximate surface area is 82.1 Å². The summed E-state index contributed by atoms with van der Waals surface area (Å²) in [6.45, 7) is 5.66. The molecule has 13 heavy (non-hydrogen) atoms. The molecule has 0 saturated carbocycles. The summed E-state index contributed by atoms with van der Waals surface area (Å²) in [6, 6.07) is 0. The molecule has 2 rings (SSSR count). The molecule has 0 aromatic carbocycles. The maximum Gasteiger partial charge on any atom is 0.110 e. The lowest BCUT2D eigenvalue weighted by molar-refractivity contribution is 0.123. The lowest BCUT2D eigenvalue weighted by Gasteiger charge is -2.29. The lowest BCUT2D eigenvalue weighted by atomic mass is 10.2. The van der Waals surface area contributed by atoms with Gasteiger partial charge in [0.05, 0.1) is 18.9 Å². The zero-order valence-electron chi connectivity index (χ0n) is 7.75. The third kappa shape index (κ3) is 1.64. The Morgan fingerprint density at radius 3 is 2.69 bits per heavy atom. The Morgan fingerprint density at radius 1 is 1.46 bits per heavy atom. The summed E-state index contributed by atoms with van der Waals surface area (Å²) in [7, 11) is 0. The van der Waals surface area contributed by atoms with E-state index in [4.69, 9.17) is 10.5 Å². The molecule has 0 bridgehead atoms. The fourth-order valence-electron chi connectivity index (χ4n) is 1.65. The van der Waals surface area contributed by atoms with Crippen LogP contribution in [0.3, 0.4) is 0 Å². The van der Waals surface area contributed by atoms with Crippen molar-refractivity contribution in [3.63, 3.8) is 0 Å². The Morgan fingerprint density at radius 2 is 2.15 bits per heavy atom. The van der Waals surface area contributed by atoms with Gasteiger partial charge in [-0.2, -0.15) is 0 Å². The topological polar surface area (TPSA) is 38.5 Å². The number of morpholine rings is 1. The Bertz CT molecular complexity index is 272. The van der Waals surface area contributed by atoms with Crippen LogP contribution in [-0.2, 0) is 4.74 Å². The van der Waals surface area contributed by atoms with Gasteiger partial charge < -0.3 is 15.4 Å². The number of nitrogens with two attached hydrogens (primary N) is 1. The third-order valence-electron chi connectivity index (χ3n) is 2.30. The van der Waals surface area contributed by atoms with Crippen molar-refractivity contribution in [1.29, 1.82) is 0 Å². The SMILES string of the molecule is Cc1csc(N)c1N1CCOCC1. The number of ether oxygens (including phenoxy) is 1. The highest BCUT2D eigenvalue weighted by Crippen LogP contribution is 2.33. The van der Waals surface area contributed by atoms with E-state index in [0.29, 0.717) is 0 Å². The third-order valence-corrected chi connectivity index (χ3v) is 3.22. The highest BCUT2D eigenvalue weighted by molar-refractivity contribution is 7.14. The summed E-state index contributed by atoms with van der Waals surface area (Å²) in [5.74, 6) is 0. The lowest BCUT2D eigenvalue weighted by Crippen LogP contribution is -2.36. The molecule has 0 unspecified atom stereocenters. The van der Waals surface area contributed by atoms with E-state index in [-0.39, 0.29) is 0 Å². The van der Waals surface area contributed by atoms with Crippen LogP contribution in [0.5, 0.6) is 0 Å². The summed E-state index contributed by atoms with van der Waals surface area (Å²) in [6.07, 6.45) is 0. The molecular weight excluding hydrogens is 184 g/mol. The molecule has 1 fully saturated rings. The summed E-state index contributed by atoms with van der Waals surface area (Å²) >= 11 is 1.62. The average Bonchev–Trinajstić information content (AvgIpc) is 2.48. The molecule has 0 spiro atoms. The number of nitrogens with zero attached hydrogens (tertiary/aromatic N) is 1. The minimum atomic E-state index is 0.814. The second kappa shape index (κ2) is 3.55. The molecule has 1 aliphatic heterocycles. The van der Waals surface area contributed by atoms with Gasteiger partial charge in [0.25, 0.3) is 0 Å². The predicted octanol–water partition coefficient (Wildman–Crippen LogP) is 1.48. The standard InChI is InChI=1S/C9H14N2OS/c1-7-6-13-9(10)8(7)11-2-4-12-5-3-11/h6H,2-5,10H2,1H3. The van der Waals surface area contributed by atoms with Crippen LogP contribution in [0.25, 0.3) is 0 Å². The zero-order valence-corrected chi connectivity index (χ0v) is 8.56. The number of thiophene rings is 1. The van der Waals surface area contributed by atoms with Crippen molar-refractivity contribution in [3.8, 4) is 0 Å². The second-order valence-corrected chi connectivity index (χ2v) is 4.14. The van der Waals surface area contributed by atoms with E-state index in [0.717, 1.165) is 31.3 Å². The second-order valence-electron chi connectivity index (χ2n) is 3.23. The van der Waals surface area contributed by atoms with Gasteiger partial charge in [-0.3, -0.25) is 0 Å². The van der Waals surface area contributed by atoms with E-state index >= 15 is 0 Å². The van der Waals surface area contributed by atoms with Gasteiger partial charge in [-0.15, -0.1) is 11.3 Å². The molecule has 2 heterocycles. The Balaban J connectivity index is 2.22. The molecular formula is C9H14N2OS. The maximum atomic E-state index is 5.91. The van der Waals surface area contributed by atoms with Crippen LogP contribution in [0, 0.1) is 6.92 Å². The van der Waals surface area contributed by atoms with Gasteiger partial charge in [-0.1, -0.05) is 0 Å². The van der Waals surface area contributed by atoms with Crippen LogP contribution in [0.1, 0.15) is 5.56 Å². The van der Waals surface area contributed by atoms with Gasteiger partial charge in [0, 0.05) is 13.1 Å². The smallest absolute Gasteiger partial charge is 0.110 e. The summed E-state index contributed by atoms with van der Waals surface area (Å²) < 4.78 is 5.30. The number of aryl methyl sites for hydroxylation is 1. The summed E-state index contributed by atoms with van der Waals surface area (Å²) in [5.41, 5.74) is 8.41. The van der Waals surface area contributed by atoms with E-state index in [1.165, 1.54) is 11.3 Å². The van der Waals surface area contributed by atoms with Gasteiger partial charge in [-0.05, 0) is 17.9 Å². The minimum absolute atomic E-state index is 0.814. The van der Waals surface area contributed by atoms with Crippen LogP contribution in [-0.4, -0.2) is 26.3 Å². The molecule has 0 aliphatic carbocycles. The number of rotatable bonds is 1. The zero-order chi connectivity index (χ0) is 9.26. The summed E-state index contributed by atoms with van der Waals surface area (Å²) in [5, 5.41) is 3.04. The van der Waals surface area contributed by atoms with Crippen LogP contribution in [0.15, 0.2) is 5.38 Å². The molecule has 1 saturated heterocycles. The molecule has 0 atom stereocenters. The number of hydrogen-bond donors (Lipinski definition) is 1. The van der Waals surface area contributed by atoms with Crippen molar-refractivity contribution in [2.75, 3.05) is 36.9 Å². The first kappa shape index (κ1) is 8.84. The van der Waals surface area contributed by atoms with E-state index in [9.17, 15) is 0 Å². The first-order valence-electron chi connectivity index (χ1n) is 4.45. The van der Waals surface area contributed by atoms with Crippen molar-refractivity contribution < 1.29 is 4.74 Å². The van der Waals surface area contributed by atoms with Crippen molar-refractivity contribution in [3.05, 3.63) is 10.9 Å². The highest BCUT2D eigenvalue weighted by Gasteiger charge is 2.16. The quantitative estimate of drug-likeness (QED) is 0.742. The van der Waals surface area contributed by atoms with Crippen LogP contribution >= 0.6 is 11.3 Å². The van der Waals surface area contributed by atoms with Gasteiger partial charge in [0.2, 0.25) is 0 Å². The largest absolute Gasteiger partial charge is 0.389 e. The Hall–Kier alpha value is -0.740.